The van der Waals surface area contributed by atoms with E-state index in [1.54, 1.807) is 0 Å². The second-order valence-corrected chi connectivity index (χ2v) is 6.16. The van der Waals surface area contributed by atoms with Crippen LogP contribution in [0.3, 0.4) is 0 Å². The average Bonchev–Trinajstić information content (AvgIpc) is 2.81. The maximum Gasteiger partial charge on any atom is 0.240 e. The Kier molecular flexibility index (Phi) is 4.62. The summed E-state index contributed by atoms with van der Waals surface area (Å²) in [4.78, 5) is 14.6. The fourth-order valence-electron chi connectivity index (χ4n) is 3.31. The Morgan fingerprint density at radius 1 is 1.39 bits per heavy atom. The van der Waals surface area contributed by atoms with Gasteiger partial charge >= 0.3 is 0 Å². The Hall–Kier alpha value is -0.610. The van der Waals surface area contributed by atoms with E-state index in [2.05, 4.69) is 17.1 Å². The summed E-state index contributed by atoms with van der Waals surface area (Å²) in [5, 5.41) is 3.03. The molecule has 0 aromatic carbocycles. The van der Waals surface area contributed by atoms with Gasteiger partial charge in [-0.1, -0.05) is 19.8 Å². The highest BCUT2D eigenvalue weighted by Gasteiger charge is 2.37. The number of amides is 1. The van der Waals surface area contributed by atoms with Crippen molar-refractivity contribution >= 4 is 5.91 Å². The first-order chi connectivity index (χ1) is 8.60. The molecule has 1 saturated heterocycles. The minimum absolute atomic E-state index is 0.0632. The minimum atomic E-state index is -0.608. The van der Waals surface area contributed by atoms with Crippen molar-refractivity contribution in [1.29, 1.82) is 0 Å². The molecular formula is C14H27N3O. The third-order valence-corrected chi connectivity index (χ3v) is 4.40. The minimum Gasteiger partial charge on any atom is -0.353 e. The fourth-order valence-corrected chi connectivity index (χ4v) is 3.31. The van der Waals surface area contributed by atoms with Gasteiger partial charge in [0.2, 0.25) is 5.91 Å². The number of hydrogen-bond donors (Lipinski definition) is 2. The Balaban J connectivity index is 1.72. The van der Waals surface area contributed by atoms with Gasteiger partial charge in [0.25, 0.3) is 0 Å². The first-order valence-corrected chi connectivity index (χ1v) is 7.40. The molecule has 3 N–H and O–H groups in total. The molecule has 2 atom stereocenters. The van der Waals surface area contributed by atoms with E-state index in [-0.39, 0.29) is 5.91 Å². The lowest BCUT2D eigenvalue weighted by Crippen LogP contribution is -2.56. The van der Waals surface area contributed by atoms with Crippen LogP contribution >= 0.6 is 0 Å². The SMILES string of the molecule is CC1CCCC(N)(C(=O)NCCN2CCCC2)C1. The molecule has 0 spiro atoms. The zero-order chi connectivity index (χ0) is 13.0. The van der Waals surface area contributed by atoms with Gasteiger partial charge in [0.05, 0.1) is 5.54 Å². The Bertz CT molecular complexity index is 289. The molecule has 1 amide bonds. The second-order valence-electron chi connectivity index (χ2n) is 6.16. The highest BCUT2D eigenvalue weighted by Crippen LogP contribution is 2.30. The molecular weight excluding hydrogens is 226 g/mol. The predicted molar refractivity (Wildman–Crippen MR) is 73.2 cm³/mol. The van der Waals surface area contributed by atoms with Gasteiger partial charge in [-0.05, 0) is 44.7 Å². The van der Waals surface area contributed by atoms with Gasteiger partial charge in [0.1, 0.15) is 0 Å². The van der Waals surface area contributed by atoms with Crippen molar-refractivity contribution in [2.24, 2.45) is 11.7 Å². The molecule has 2 aliphatic rings. The summed E-state index contributed by atoms with van der Waals surface area (Å²) >= 11 is 0. The molecule has 0 bridgehead atoms. The summed E-state index contributed by atoms with van der Waals surface area (Å²) in [6, 6.07) is 0. The van der Waals surface area contributed by atoms with Crippen molar-refractivity contribution in [3.05, 3.63) is 0 Å². The highest BCUT2D eigenvalue weighted by atomic mass is 16.2. The molecule has 2 unspecified atom stereocenters. The Morgan fingerprint density at radius 3 is 2.78 bits per heavy atom. The van der Waals surface area contributed by atoms with Crippen LogP contribution in [0.1, 0.15) is 45.4 Å². The molecule has 1 aliphatic heterocycles. The molecule has 104 valence electrons. The van der Waals surface area contributed by atoms with Crippen molar-refractivity contribution < 1.29 is 4.79 Å². The van der Waals surface area contributed by atoms with E-state index >= 15 is 0 Å². The molecule has 2 fully saturated rings. The highest BCUT2D eigenvalue weighted by molar-refractivity contribution is 5.86. The fraction of sp³-hybridized carbons (Fsp3) is 0.929. The first-order valence-electron chi connectivity index (χ1n) is 7.40. The van der Waals surface area contributed by atoms with Gasteiger partial charge in [-0.25, -0.2) is 0 Å². The summed E-state index contributed by atoms with van der Waals surface area (Å²) in [6.45, 7) is 6.27. The van der Waals surface area contributed by atoms with Crippen LogP contribution < -0.4 is 11.1 Å². The second kappa shape index (κ2) is 6.02. The van der Waals surface area contributed by atoms with Gasteiger partial charge in [0, 0.05) is 13.1 Å². The molecule has 4 nitrogen and oxygen atoms in total. The number of rotatable bonds is 4. The number of nitrogens with one attached hydrogen (secondary N) is 1. The molecule has 1 aliphatic carbocycles. The van der Waals surface area contributed by atoms with Crippen LogP contribution in [0.15, 0.2) is 0 Å². The van der Waals surface area contributed by atoms with E-state index in [0.29, 0.717) is 5.92 Å². The third kappa shape index (κ3) is 3.45. The maximum absolute atomic E-state index is 12.2. The van der Waals surface area contributed by atoms with E-state index in [0.717, 1.165) is 32.4 Å². The van der Waals surface area contributed by atoms with Gasteiger partial charge in [0.15, 0.2) is 0 Å². The predicted octanol–water partition coefficient (Wildman–Crippen LogP) is 1.11. The molecule has 1 heterocycles. The molecule has 0 radical (unpaired) electrons. The van der Waals surface area contributed by atoms with Crippen LogP contribution in [0, 0.1) is 5.92 Å². The van der Waals surface area contributed by atoms with Crippen molar-refractivity contribution in [3.8, 4) is 0 Å². The normalized spacial score (nSPS) is 33.6. The molecule has 18 heavy (non-hydrogen) atoms. The molecule has 0 aromatic heterocycles. The van der Waals surface area contributed by atoms with Crippen molar-refractivity contribution in [2.45, 2.75) is 51.0 Å². The summed E-state index contributed by atoms with van der Waals surface area (Å²) in [5.41, 5.74) is 5.65. The molecule has 4 heteroatoms. The average molecular weight is 253 g/mol. The van der Waals surface area contributed by atoms with Crippen LogP contribution in [-0.2, 0) is 4.79 Å². The van der Waals surface area contributed by atoms with Crippen LogP contribution in [0.25, 0.3) is 0 Å². The summed E-state index contributed by atoms with van der Waals surface area (Å²) in [7, 11) is 0. The summed E-state index contributed by atoms with van der Waals surface area (Å²) in [5.74, 6) is 0.640. The van der Waals surface area contributed by atoms with Crippen LogP contribution in [0.5, 0.6) is 0 Å². The lowest BCUT2D eigenvalue weighted by Gasteiger charge is -2.35. The van der Waals surface area contributed by atoms with E-state index < -0.39 is 5.54 Å². The van der Waals surface area contributed by atoms with E-state index in [4.69, 9.17) is 5.73 Å². The van der Waals surface area contributed by atoms with Crippen LogP contribution in [-0.4, -0.2) is 42.5 Å². The number of likely N-dealkylation sites (tertiary alicyclic amines) is 1. The molecule has 1 saturated carbocycles. The maximum atomic E-state index is 12.2. The summed E-state index contributed by atoms with van der Waals surface area (Å²) < 4.78 is 0. The van der Waals surface area contributed by atoms with Gasteiger partial charge in [-0.15, -0.1) is 0 Å². The lowest BCUT2D eigenvalue weighted by molar-refractivity contribution is -0.128. The van der Waals surface area contributed by atoms with Crippen molar-refractivity contribution in [2.75, 3.05) is 26.2 Å². The lowest BCUT2D eigenvalue weighted by atomic mass is 9.76. The Morgan fingerprint density at radius 2 is 2.11 bits per heavy atom. The van der Waals surface area contributed by atoms with Gasteiger partial charge in [-0.2, -0.15) is 0 Å². The van der Waals surface area contributed by atoms with E-state index in [1.165, 1.54) is 32.4 Å². The number of carbonyl (C=O) groups excluding carboxylic acids is 1. The zero-order valence-corrected chi connectivity index (χ0v) is 11.6. The number of carbonyl (C=O) groups is 1. The Labute approximate surface area is 110 Å². The summed E-state index contributed by atoms with van der Waals surface area (Å²) in [6.07, 6.45) is 6.56. The third-order valence-electron chi connectivity index (χ3n) is 4.40. The quantitative estimate of drug-likeness (QED) is 0.789. The molecule has 0 aromatic rings. The van der Waals surface area contributed by atoms with Gasteiger partial charge in [-0.3, -0.25) is 4.79 Å². The number of nitrogens with two attached hydrogens (primary N) is 1. The largest absolute Gasteiger partial charge is 0.353 e. The number of nitrogens with zero attached hydrogens (tertiary/aromatic N) is 1. The topological polar surface area (TPSA) is 58.4 Å². The zero-order valence-electron chi connectivity index (χ0n) is 11.6. The monoisotopic (exact) mass is 253 g/mol. The van der Waals surface area contributed by atoms with Crippen molar-refractivity contribution in [1.82, 2.24) is 10.2 Å². The van der Waals surface area contributed by atoms with Crippen LogP contribution in [0.4, 0.5) is 0 Å². The molecule has 2 rings (SSSR count). The van der Waals surface area contributed by atoms with E-state index in [1.807, 2.05) is 0 Å². The van der Waals surface area contributed by atoms with Crippen LogP contribution in [0.2, 0.25) is 0 Å². The number of hydrogen-bond acceptors (Lipinski definition) is 3. The van der Waals surface area contributed by atoms with E-state index in [9.17, 15) is 4.79 Å². The van der Waals surface area contributed by atoms with Gasteiger partial charge < -0.3 is 16.0 Å². The van der Waals surface area contributed by atoms with Crippen molar-refractivity contribution in [3.63, 3.8) is 0 Å². The standard InChI is InChI=1S/C14H27N3O/c1-12-5-4-6-14(15,11-12)13(18)16-7-10-17-8-2-3-9-17/h12H,2-11,15H2,1H3,(H,16,18). The smallest absolute Gasteiger partial charge is 0.240 e. The first kappa shape index (κ1) is 13.8.